The van der Waals surface area contributed by atoms with Crippen LogP contribution >= 0.6 is 12.4 Å². The standard InChI is InChI=1S/C4H6O2.ClH.Na.H/c1-3(2)4(5)6;;;/h1H2,2H3,(H,5,6);1H;;. The van der Waals surface area contributed by atoms with Crippen LogP contribution in [0.1, 0.15) is 6.92 Å². The van der Waals surface area contributed by atoms with E-state index in [-0.39, 0.29) is 47.5 Å². The summed E-state index contributed by atoms with van der Waals surface area (Å²) in [5.74, 6) is -0.935. The topological polar surface area (TPSA) is 37.3 Å². The Balaban J connectivity index is -0.000000125. The molecule has 0 saturated heterocycles. The minimum atomic E-state index is -0.935. The Morgan fingerprint density at radius 1 is 1.62 bits per heavy atom. The fourth-order valence-electron chi connectivity index (χ4n) is 0. The summed E-state index contributed by atoms with van der Waals surface area (Å²) in [5, 5.41) is 7.89. The van der Waals surface area contributed by atoms with Crippen molar-refractivity contribution in [2.75, 3.05) is 0 Å². The molecule has 0 aromatic heterocycles. The Bertz CT molecular complexity index is 80.0. The van der Waals surface area contributed by atoms with Crippen LogP contribution in [0.5, 0.6) is 0 Å². The summed E-state index contributed by atoms with van der Waals surface area (Å²) in [7, 11) is 0. The Morgan fingerprint density at radius 2 is 1.75 bits per heavy atom. The van der Waals surface area contributed by atoms with E-state index in [4.69, 9.17) is 5.11 Å². The van der Waals surface area contributed by atoms with Crippen LogP contribution in [0, 0.1) is 0 Å². The van der Waals surface area contributed by atoms with Gasteiger partial charge in [-0.3, -0.25) is 0 Å². The average molecular weight is 147 g/mol. The van der Waals surface area contributed by atoms with Gasteiger partial charge in [0.1, 0.15) is 0 Å². The normalized spacial score (nSPS) is 5.62. The molecule has 0 fully saturated rings. The van der Waals surface area contributed by atoms with Crippen molar-refractivity contribution in [2.45, 2.75) is 6.92 Å². The molecule has 0 aliphatic heterocycles. The molecule has 1 N–H and O–H groups in total. The molecule has 0 aromatic carbocycles. The van der Waals surface area contributed by atoms with E-state index in [1.54, 1.807) is 0 Å². The van der Waals surface area contributed by atoms with Crippen LogP contribution in [-0.2, 0) is 4.79 Å². The molecule has 0 spiro atoms. The number of aliphatic carboxylic acids is 1. The molecular weight excluding hydrogens is 138 g/mol. The number of hydrogen-bond acceptors (Lipinski definition) is 1. The number of rotatable bonds is 1. The Labute approximate surface area is 76.7 Å². The first kappa shape index (κ1) is 15.8. The van der Waals surface area contributed by atoms with E-state index in [9.17, 15) is 4.79 Å². The number of carboxylic acid groups (broad SMARTS) is 1. The van der Waals surface area contributed by atoms with Crippen LogP contribution < -0.4 is 0 Å². The van der Waals surface area contributed by atoms with Crippen LogP contribution in [0.25, 0.3) is 0 Å². The fraction of sp³-hybridized carbons (Fsp3) is 0.250. The predicted octanol–water partition coefficient (Wildman–Crippen LogP) is 0.420. The molecule has 0 heterocycles. The first-order chi connectivity index (χ1) is 2.64. The third-order valence-electron chi connectivity index (χ3n) is 0.365. The van der Waals surface area contributed by atoms with Gasteiger partial charge in [0.05, 0.1) is 0 Å². The third kappa shape index (κ3) is 9.71. The van der Waals surface area contributed by atoms with Gasteiger partial charge in [0, 0.05) is 5.57 Å². The van der Waals surface area contributed by atoms with E-state index in [1.807, 2.05) is 0 Å². The molecule has 8 heavy (non-hydrogen) atoms. The van der Waals surface area contributed by atoms with Crippen LogP contribution in [0.3, 0.4) is 0 Å². The van der Waals surface area contributed by atoms with Gasteiger partial charge in [0.25, 0.3) is 0 Å². The van der Waals surface area contributed by atoms with Crippen molar-refractivity contribution in [1.29, 1.82) is 0 Å². The Hall–Kier alpha value is 0.500. The fourth-order valence-corrected chi connectivity index (χ4v) is 0. The van der Waals surface area contributed by atoms with Gasteiger partial charge in [-0.25, -0.2) is 4.79 Å². The maximum absolute atomic E-state index is 9.60. The number of hydrogen-bond donors (Lipinski definition) is 1. The summed E-state index contributed by atoms with van der Waals surface area (Å²) in [4.78, 5) is 9.60. The molecule has 0 aromatic rings. The molecule has 0 amide bonds. The summed E-state index contributed by atoms with van der Waals surface area (Å²) >= 11 is 0. The SMILES string of the molecule is C=C(C)C(=O)O.Cl.[NaH]. The van der Waals surface area contributed by atoms with E-state index >= 15 is 0 Å². The van der Waals surface area contributed by atoms with Gasteiger partial charge in [-0.05, 0) is 6.92 Å². The maximum atomic E-state index is 9.60. The predicted molar refractivity (Wildman–Crippen MR) is 36.8 cm³/mol. The second kappa shape index (κ2) is 7.50. The second-order valence-electron chi connectivity index (χ2n) is 1.09. The summed E-state index contributed by atoms with van der Waals surface area (Å²) in [6, 6.07) is 0. The van der Waals surface area contributed by atoms with Crippen molar-refractivity contribution < 1.29 is 9.90 Å². The van der Waals surface area contributed by atoms with Crippen molar-refractivity contribution >= 4 is 47.9 Å². The average Bonchev–Trinajstić information content (AvgIpc) is 1.36. The molecule has 2 nitrogen and oxygen atoms in total. The Morgan fingerprint density at radius 3 is 1.75 bits per heavy atom. The third-order valence-corrected chi connectivity index (χ3v) is 0.365. The molecule has 0 aliphatic carbocycles. The van der Waals surface area contributed by atoms with E-state index in [1.165, 1.54) is 6.92 Å². The zero-order valence-electron chi connectivity index (χ0n) is 3.97. The first-order valence-corrected chi connectivity index (χ1v) is 1.53. The zero-order chi connectivity index (χ0) is 5.15. The quantitative estimate of drug-likeness (QED) is 0.430. The van der Waals surface area contributed by atoms with E-state index < -0.39 is 5.97 Å². The number of carboxylic acids is 1. The molecule has 0 rings (SSSR count). The Kier molecular flexibility index (Phi) is 14.8. The van der Waals surface area contributed by atoms with E-state index in [2.05, 4.69) is 6.58 Å². The summed E-state index contributed by atoms with van der Waals surface area (Å²) in [5.41, 5.74) is 0.176. The van der Waals surface area contributed by atoms with Crippen molar-refractivity contribution in [1.82, 2.24) is 0 Å². The molecule has 0 saturated carbocycles. The monoisotopic (exact) mass is 146 g/mol. The van der Waals surface area contributed by atoms with Gasteiger partial charge in [0.15, 0.2) is 0 Å². The van der Waals surface area contributed by atoms with Crippen LogP contribution in [0.4, 0.5) is 0 Å². The van der Waals surface area contributed by atoms with Crippen LogP contribution in [0.15, 0.2) is 12.2 Å². The summed E-state index contributed by atoms with van der Waals surface area (Å²) in [6.45, 7) is 4.60. The summed E-state index contributed by atoms with van der Waals surface area (Å²) in [6.07, 6.45) is 0. The van der Waals surface area contributed by atoms with Gasteiger partial charge in [-0.2, -0.15) is 0 Å². The molecule has 0 unspecified atom stereocenters. The molecule has 44 valence electrons. The van der Waals surface area contributed by atoms with Gasteiger partial charge >= 0.3 is 35.5 Å². The first-order valence-electron chi connectivity index (χ1n) is 1.53. The van der Waals surface area contributed by atoms with Gasteiger partial charge in [-0.1, -0.05) is 6.58 Å². The van der Waals surface area contributed by atoms with Crippen molar-refractivity contribution in [3.63, 3.8) is 0 Å². The van der Waals surface area contributed by atoms with Crippen LogP contribution in [0.2, 0.25) is 0 Å². The van der Waals surface area contributed by atoms with Gasteiger partial charge in [0.2, 0.25) is 0 Å². The van der Waals surface area contributed by atoms with E-state index in [0.29, 0.717) is 0 Å². The molecule has 0 radical (unpaired) electrons. The summed E-state index contributed by atoms with van der Waals surface area (Å²) < 4.78 is 0. The van der Waals surface area contributed by atoms with Crippen molar-refractivity contribution in [3.05, 3.63) is 12.2 Å². The molecule has 0 bridgehead atoms. The molecule has 0 atom stereocenters. The van der Waals surface area contributed by atoms with Gasteiger partial charge < -0.3 is 5.11 Å². The number of carbonyl (C=O) groups is 1. The van der Waals surface area contributed by atoms with Crippen molar-refractivity contribution in [2.24, 2.45) is 0 Å². The number of halogens is 1. The van der Waals surface area contributed by atoms with E-state index in [0.717, 1.165) is 0 Å². The van der Waals surface area contributed by atoms with Crippen molar-refractivity contribution in [3.8, 4) is 0 Å². The molecule has 0 aliphatic rings. The molecular formula is C4H8ClNaO2. The van der Waals surface area contributed by atoms with Gasteiger partial charge in [-0.15, -0.1) is 12.4 Å². The zero-order valence-corrected chi connectivity index (χ0v) is 4.79. The van der Waals surface area contributed by atoms with Crippen LogP contribution in [-0.4, -0.2) is 40.6 Å². The second-order valence-corrected chi connectivity index (χ2v) is 1.09. The molecule has 4 heteroatoms. The minimum absolute atomic E-state index is 0.